The molecule has 2 nitrogen and oxygen atoms in total. The summed E-state index contributed by atoms with van der Waals surface area (Å²) in [5.74, 6) is 0. The maximum absolute atomic E-state index is 4.76. The molecule has 3 rings (SSSR count). The van der Waals surface area contributed by atoms with E-state index in [1.807, 2.05) is 52.0 Å². The van der Waals surface area contributed by atoms with Crippen molar-refractivity contribution in [1.29, 1.82) is 0 Å². The predicted octanol–water partition coefficient (Wildman–Crippen LogP) is 7.64. The van der Waals surface area contributed by atoms with Crippen molar-refractivity contribution in [1.82, 2.24) is 0 Å². The molecule has 0 bridgehead atoms. The third-order valence-corrected chi connectivity index (χ3v) is 4.43. The Kier molecular flexibility index (Phi) is 11.0. The van der Waals surface area contributed by atoms with Crippen molar-refractivity contribution in [2.45, 2.75) is 41.5 Å². The molecule has 1 saturated carbocycles. The van der Waals surface area contributed by atoms with Gasteiger partial charge in [-0.3, -0.25) is 4.99 Å². The minimum Gasteiger partial charge on any atom is -0.661 e. The molecule has 0 aromatic heterocycles. The second kappa shape index (κ2) is 12.7. The molecule has 5 radical (unpaired) electrons. The van der Waals surface area contributed by atoms with Gasteiger partial charge in [0, 0.05) is 5.71 Å². The van der Waals surface area contributed by atoms with Gasteiger partial charge >= 0.3 is 17.4 Å². The van der Waals surface area contributed by atoms with Crippen LogP contribution < -0.4 is 0 Å². The quantitative estimate of drug-likeness (QED) is 0.453. The van der Waals surface area contributed by atoms with E-state index in [-0.39, 0.29) is 17.4 Å². The Bertz CT molecular complexity index is 798. The average molecular weight is 423 g/mol. The topological polar surface area (TPSA) is 26.5 Å². The second-order valence-electron chi connectivity index (χ2n) is 7.09. The average Bonchev–Trinajstić information content (AvgIpc) is 3.21. The first-order chi connectivity index (χ1) is 13.4. The Hall–Kier alpha value is -1.82. The Labute approximate surface area is 188 Å². The molecular weight excluding hydrogens is 392 g/mol. The Morgan fingerprint density at radius 3 is 1.59 bits per heavy atom. The van der Waals surface area contributed by atoms with Gasteiger partial charge < -0.3 is 5.32 Å². The van der Waals surface area contributed by atoms with E-state index in [9.17, 15) is 0 Å². The van der Waals surface area contributed by atoms with Crippen molar-refractivity contribution in [3.63, 3.8) is 0 Å². The molecule has 0 saturated heterocycles. The van der Waals surface area contributed by atoms with E-state index in [2.05, 4.69) is 64.1 Å². The van der Waals surface area contributed by atoms with Crippen LogP contribution in [-0.4, -0.2) is 5.71 Å². The van der Waals surface area contributed by atoms with Gasteiger partial charge in [0.05, 0.1) is 5.69 Å². The zero-order valence-corrected chi connectivity index (χ0v) is 19.5. The summed E-state index contributed by atoms with van der Waals surface area (Å²) < 4.78 is 0. The van der Waals surface area contributed by atoms with Gasteiger partial charge in [0.15, 0.2) is 0 Å². The normalized spacial score (nSPS) is 14.0. The summed E-state index contributed by atoms with van der Waals surface area (Å²) in [6, 6.07) is 12.5. The fourth-order valence-corrected chi connectivity index (χ4v) is 3.00. The summed E-state index contributed by atoms with van der Waals surface area (Å²) in [5, 5.41) is 4.76. The minimum atomic E-state index is 0. The number of hydrogen-bond acceptors (Lipinski definition) is 1. The number of aryl methyl sites for hydroxylation is 4. The smallest absolute Gasteiger partial charge is 0.661 e. The van der Waals surface area contributed by atoms with Crippen molar-refractivity contribution >= 4 is 17.1 Å². The van der Waals surface area contributed by atoms with Gasteiger partial charge in [0.25, 0.3) is 0 Å². The van der Waals surface area contributed by atoms with Gasteiger partial charge in [0.2, 0.25) is 0 Å². The van der Waals surface area contributed by atoms with Gasteiger partial charge in [-0.05, 0) is 77.8 Å². The van der Waals surface area contributed by atoms with Crippen LogP contribution in [0.25, 0.3) is 5.32 Å². The third kappa shape index (κ3) is 8.21. The van der Waals surface area contributed by atoms with Crippen LogP contribution in [0.4, 0.5) is 11.4 Å². The van der Waals surface area contributed by atoms with Crippen molar-refractivity contribution in [2.24, 2.45) is 4.99 Å². The summed E-state index contributed by atoms with van der Waals surface area (Å²) >= 11 is 0. The molecule has 149 valence electrons. The molecule has 0 spiro atoms. The summed E-state index contributed by atoms with van der Waals surface area (Å²) in [7, 11) is 0. The van der Waals surface area contributed by atoms with Gasteiger partial charge in [-0.1, -0.05) is 60.5 Å². The summed E-state index contributed by atoms with van der Waals surface area (Å²) in [6.07, 6.45) is 12.0. The number of para-hydroxylation sites is 2. The summed E-state index contributed by atoms with van der Waals surface area (Å²) in [6.45, 7) is 12.4. The molecular formula is C26H30CrN2+. The largest absolute Gasteiger partial charge is 2.00 e. The Morgan fingerprint density at radius 1 is 0.724 bits per heavy atom. The zero-order valence-electron chi connectivity index (χ0n) is 18.2. The van der Waals surface area contributed by atoms with Crippen molar-refractivity contribution < 1.29 is 17.4 Å². The molecule has 1 aliphatic carbocycles. The number of benzene rings is 2. The third-order valence-electron chi connectivity index (χ3n) is 4.43. The van der Waals surface area contributed by atoms with E-state index >= 15 is 0 Å². The number of allylic oxidation sites excluding steroid dienone is 2. The van der Waals surface area contributed by atoms with Crippen LogP contribution in [0.5, 0.6) is 0 Å². The van der Waals surface area contributed by atoms with Crippen molar-refractivity contribution in [3.05, 3.63) is 108 Å². The standard InChI is InChI=1S/C21H25N2.C5H5.Cr/c1-14-9-7-10-15(2)20(14)22-18(5)13-19(6)23-21-16(3)11-8-12-17(21)4;1-2-4-5-3-1;/h7-13H,1-6H3;1-5H;/q-1;;+2/b18-13-,23-19?;;. The predicted molar refractivity (Wildman–Crippen MR) is 123 cm³/mol. The van der Waals surface area contributed by atoms with Crippen LogP contribution in [0.2, 0.25) is 0 Å². The van der Waals surface area contributed by atoms with Gasteiger partial charge in [-0.25, -0.2) is 0 Å². The molecule has 0 heterocycles. The molecule has 1 aliphatic rings. The van der Waals surface area contributed by atoms with E-state index in [0.29, 0.717) is 0 Å². The zero-order chi connectivity index (χ0) is 20.5. The minimum absolute atomic E-state index is 0. The maximum Gasteiger partial charge on any atom is 2.00 e. The maximum atomic E-state index is 4.76. The summed E-state index contributed by atoms with van der Waals surface area (Å²) in [5.41, 5.74) is 8.83. The van der Waals surface area contributed by atoms with E-state index in [4.69, 9.17) is 10.3 Å². The van der Waals surface area contributed by atoms with Gasteiger partial charge in [0.1, 0.15) is 0 Å². The molecule has 1 fully saturated rings. The van der Waals surface area contributed by atoms with Crippen LogP contribution >= 0.6 is 0 Å². The van der Waals surface area contributed by atoms with E-state index < -0.39 is 0 Å². The molecule has 0 aliphatic heterocycles. The van der Waals surface area contributed by atoms with Crippen LogP contribution in [0.3, 0.4) is 0 Å². The molecule has 2 aromatic carbocycles. The van der Waals surface area contributed by atoms with Crippen LogP contribution in [0.1, 0.15) is 36.1 Å². The van der Waals surface area contributed by atoms with E-state index in [0.717, 1.165) is 22.8 Å². The molecule has 0 unspecified atom stereocenters. The fourth-order valence-electron chi connectivity index (χ4n) is 3.00. The number of rotatable bonds is 4. The molecule has 2 aromatic rings. The Morgan fingerprint density at radius 2 is 1.14 bits per heavy atom. The summed E-state index contributed by atoms with van der Waals surface area (Å²) in [4.78, 5) is 4.76. The van der Waals surface area contributed by atoms with Crippen LogP contribution in [0.15, 0.2) is 53.2 Å². The first kappa shape index (κ1) is 25.2. The molecule has 0 N–H and O–H groups in total. The molecule has 0 atom stereocenters. The van der Waals surface area contributed by atoms with Gasteiger partial charge in [-0.15, -0.1) is 5.69 Å². The SMILES string of the molecule is CC(/C=C(/C)[N-]c1c(C)cccc1C)=Nc1c(C)cccc1C.[CH]1[CH][CH][CH][CH]1.[Cr+2]. The first-order valence-corrected chi connectivity index (χ1v) is 9.63. The van der Waals surface area contributed by atoms with Gasteiger partial charge in [-0.2, -0.15) is 5.70 Å². The molecule has 29 heavy (non-hydrogen) atoms. The molecule has 3 heteroatoms. The number of hydrogen-bond donors (Lipinski definition) is 0. The van der Waals surface area contributed by atoms with Crippen LogP contribution in [-0.2, 0) is 17.4 Å². The van der Waals surface area contributed by atoms with Crippen LogP contribution in [0, 0.1) is 59.8 Å². The number of aliphatic imine (C=N–C) groups is 1. The monoisotopic (exact) mass is 422 g/mol. The van der Waals surface area contributed by atoms with Crippen molar-refractivity contribution in [3.8, 4) is 0 Å². The molecule has 0 amide bonds. The van der Waals surface area contributed by atoms with Crippen molar-refractivity contribution in [2.75, 3.05) is 0 Å². The first-order valence-electron chi connectivity index (χ1n) is 9.63. The van der Waals surface area contributed by atoms with E-state index in [1.54, 1.807) is 0 Å². The van der Waals surface area contributed by atoms with E-state index in [1.165, 1.54) is 22.3 Å². The fraction of sp³-hybridized carbons (Fsp3) is 0.231. The second-order valence-corrected chi connectivity index (χ2v) is 7.09. The number of nitrogens with zero attached hydrogens (tertiary/aromatic N) is 2. The Balaban J connectivity index is 0.000000610.